The summed E-state index contributed by atoms with van der Waals surface area (Å²) in [5.41, 5.74) is 1.32. The highest BCUT2D eigenvalue weighted by Crippen LogP contribution is 2.21. The molecule has 0 aromatic carbocycles. The van der Waals surface area contributed by atoms with Crippen LogP contribution in [0, 0.1) is 12.8 Å². The minimum Gasteiger partial charge on any atom is -0.346 e. The summed E-state index contributed by atoms with van der Waals surface area (Å²) in [4.78, 5) is 0. The first-order chi connectivity index (χ1) is 9.02. The number of hydrogen-bond acceptors (Lipinski definition) is 3. The van der Waals surface area contributed by atoms with E-state index in [4.69, 9.17) is 0 Å². The number of rotatable bonds is 5. The first-order valence-corrected chi connectivity index (χ1v) is 6.70. The Morgan fingerprint density at radius 3 is 2.58 bits per heavy atom. The van der Waals surface area contributed by atoms with E-state index >= 15 is 0 Å². The zero-order valence-electron chi connectivity index (χ0n) is 12.4. The molecule has 2 heterocycles. The van der Waals surface area contributed by atoms with Crippen LogP contribution < -0.4 is 5.32 Å². The minimum atomic E-state index is 0.391. The second-order valence-electron chi connectivity index (χ2n) is 5.35. The van der Waals surface area contributed by atoms with Crippen molar-refractivity contribution in [2.24, 2.45) is 13.0 Å². The van der Waals surface area contributed by atoms with Crippen LogP contribution >= 0.6 is 0 Å². The lowest BCUT2D eigenvalue weighted by molar-refractivity contribution is 0.442. The highest BCUT2D eigenvalue weighted by molar-refractivity contribution is 5.16. The summed E-state index contributed by atoms with van der Waals surface area (Å²) in [6, 6.07) is 2.56. The Morgan fingerprint density at radius 1 is 1.32 bits per heavy atom. The summed E-state index contributed by atoms with van der Waals surface area (Å²) in [6.07, 6.45) is 4.29. The standard InChI is InChI=1S/C14H23N5/c1-10(2)14(15-4)12-6-7-19(8-12)9-13-17-16-11(3)18(13)5/h6-8,10,14-15H,9H2,1-5H3. The smallest absolute Gasteiger partial charge is 0.152 e. The summed E-state index contributed by atoms with van der Waals surface area (Å²) >= 11 is 0. The monoisotopic (exact) mass is 261 g/mol. The largest absolute Gasteiger partial charge is 0.346 e. The maximum absolute atomic E-state index is 4.20. The van der Waals surface area contributed by atoms with Crippen molar-refractivity contribution in [1.29, 1.82) is 0 Å². The van der Waals surface area contributed by atoms with Gasteiger partial charge in [-0.05, 0) is 31.5 Å². The Labute approximate surface area is 114 Å². The van der Waals surface area contributed by atoms with Crippen LogP contribution in [0.1, 0.15) is 37.1 Å². The predicted molar refractivity (Wildman–Crippen MR) is 75.9 cm³/mol. The van der Waals surface area contributed by atoms with Crippen molar-refractivity contribution < 1.29 is 0 Å². The van der Waals surface area contributed by atoms with E-state index in [1.807, 2.05) is 25.6 Å². The number of aryl methyl sites for hydroxylation is 1. The molecule has 0 aliphatic rings. The predicted octanol–water partition coefficient (Wildman–Crippen LogP) is 1.89. The third kappa shape index (κ3) is 2.87. The Kier molecular flexibility index (Phi) is 4.04. The van der Waals surface area contributed by atoms with Gasteiger partial charge in [0.1, 0.15) is 5.82 Å². The lowest BCUT2D eigenvalue weighted by Crippen LogP contribution is -2.21. The Morgan fingerprint density at radius 2 is 2.05 bits per heavy atom. The maximum Gasteiger partial charge on any atom is 0.152 e. The van der Waals surface area contributed by atoms with Crippen LogP contribution in [0.5, 0.6) is 0 Å². The molecular formula is C14H23N5. The Bertz CT molecular complexity index is 538. The SMILES string of the molecule is CNC(c1ccn(Cc2nnc(C)n2C)c1)C(C)C. The third-order valence-corrected chi connectivity index (χ3v) is 3.62. The third-order valence-electron chi connectivity index (χ3n) is 3.62. The fourth-order valence-electron chi connectivity index (χ4n) is 2.38. The van der Waals surface area contributed by atoms with Crippen LogP contribution in [0.4, 0.5) is 0 Å². The van der Waals surface area contributed by atoms with Gasteiger partial charge in [0.25, 0.3) is 0 Å². The van der Waals surface area contributed by atoms with Gasteiger partial charge in [-0.1, -0.05) is 13.8 Å². The fraction of sp³-hybridized carbons (Fsp3) is 0.571. The topological polar surface area (TPSA) is 47.7 Å². The van der Waals surface area contributed by atoms with Gasteiger partial charge in [0.15, 0.2) is 5.82 Å². The molecule has 0 aliphatic carbocycles. The Balaban J connectivity index is 2.15. The van der Waals surface area contributed by atoms with Crippen molar-refractivity contribution in [3.8, 4) is 0 Å². The summed E-state index contributed by atoms with van der Waals surface area (Å²) in [5.74, 6) is 2.49. The van der Waals surface area contributed by atoms with Gasteiger partial charge >= 0.3 is 0 Å². The van der Waals surface area contributed by atoms with Crippen molar-refractivity contribution in [2.75, 3.05) is 7.05 Å². The van der Waals surface area contributed by atoms with Crippen molar-refractivity contribution >= 4 is 0 Å². The zero-order chi connectivity index (χ0) is 14.0. The zero-order valence-corrected chi connectivity index (χ0v) is 12.4. The average Bonchev–Trinajstić information content (AvgIpc) is 2.92. The lowest BCUT2D eigenvalue weighted by Gasteiger charge is -2.18. The molecule has 104 valence electrons. The van der Waals surface area contributed by atoms with Gasteiger partial charge in [0.2, 0.25) is 0 Å². The van der Waals surface area contributed by atoms with Crippen molar-refractivity contribution in [3.63, 3.8) is 0 Å². The maximum atomic E-state index is 4.20. The van der Waals surface area contributed by atoms with Crippen LogP contribution in [0.3, 0.4) is 0 Å². The van der Waals surface area contributed by atoms with Crippen molar-refractivity contribution in [1.82, 2.24) is 24.6 Å². The highest BCUT2D eigenvalue weighted by Gasteiger charge is 2.15. The molecule has 2 aromatic rings. The van der Waals surface area contributed by atoms with E-state index in [1.165, 1.54) is 5.56 Å². The normalized spacial score (nSPS) is 13.2. The first kappa shape index (κ1) is 13.8. The molecule has 0 saturated heterocycles. The van der Waals surface area contributed by atoms with E-state index in [0.29, 0.717) is 12.0 Å². The molecule has 1 N–H and O–H groups in total. The second kappa shape index (κ2) is 5.57. The van der Waals surface area contributed by atoms with E-state index < -0.39 is 0 Å². The minimum absolute atomic E-state index is 0.391. The van der Waals surface area contributed by atoms with Gasteiger partial charge < -0.3 is 14.5 Å². The van der Waals surface area contributed by atoms with Gasteiger partial charge in [-0.25, -0.2) is 0 Å². The summed E-state index contributed by atoms with van der Waals surface area (Å²) < 4.78 is 4.18. The molecule has 2 rings (SSSR count). The van der Waals surface area contributed by atoms with Crippen molar-refractivity contribution in [3.05, 3.63) is 35.7 Å². The number of hydrogen-bond donors (Lipinski definition) is 1. The molecule has 0 saturated carbocycles. The van der Waals surface area contributed by atoms with Gasteiger partial charge in [0, 0.05) is 25.5 Å². The quantitative estimate of drug-likeness (QED) is 0.894. The van der Waals surface area contributed by atoms with Crippen LogP contribution in [0.2, 0.25) is 0 Å². The van der Waals surface area contributed by atoms with Crippen LogP contribution in [0.15, 0.2) is 18.5 Å². The molecular weight excluding hydrogens is 238 g/mol. The van der Waals surface area contributed by atoms with Crippen LogP contribution in [0.25, 0.3) is 0 Å². The molecule has 0 fully saturated rings. The van der Waals surface area contributed by atoms with Crippen molar-refractivity contribution in [2.45, 2.75) is 33.4 Å². The molecule has 19 heavy (non-hydrogen) atoms. The first-order valence-electron chi connectivity index (χ1n) is 6.70. The summed E-state index contributed by atoms with van der Waals surface area (Å²) in [6.45, 7) is 7.17. The average molecular weight is 261 g/mol. The van der Waals surface area contributed by atoms with E-state index in [9.17, 15) is 0 Å². The molecule has 5 heteroatoms. The molecule has 1 unspecified atom stereocenters. The van der Waals surface area contributed by atoms with Gasteiger partial charge in [-0.15, -0.1) is 10.2 Å². The van der Waals surface area contributed by atoms with Gasteiger partial charge in [-0.2, -0.15) is 0 Å². The van der Waals surface area contributed by atoms with E-state index in [0.717, 1.165) is 18.2 Å². The fourth-order valence-corrected chi connectivity index (χ4v) is 2.38. The summed E-state index contributed by atoms with van der Waals surface area (Å²) in [5, 5.41) is 11.6. The number of aromatic nitrogens is 4. The molecule has 1 atom stereocenters. The molecule has 5 nitrogen and oxygen atoms in total. The van der Waals surface area contributed by atoms with E-state index in [2.05, 4.69) is 52.4 Å². The molecule has 0 bridgehead atoms. The molecule has 2 aromatic heterocycles. The van der Waals surface area contributed by atoms with Gasteiger partial charge in [0.05, 0.1) is 6.54 Å². The summed E-state index contributed by atoms with van der Waals surface area (Å²) in [7, 11) is 4.01. The van der Waals surface area contributed by atoms with E-state index in [-0.39, 0.29) is 0 Å². The second-order valence-corrected chi connectivity index (χ2v) is 5.35. The molecule has 0 radical (unpaired) electrons. The van der Waals surface area contributed by atoms with E-state index in [1.54, 1.807) is 0 Å². The Hall–Kier alpha value is -1.62. The number of nitrogens with one attached hydrogen (secondary N) is 1. The highest BCUT2D eigenvalue weighted by atomic mass is 15.3. The van der Waals surface area contributed by atoms with Crippen LogP contribution in [-0.4, -0.2) is 26.4 Å². The molecule has 0 aliphatic heterocycles. The number of nitrogens with zero attached hydrogens (tertiary/aromatic N) is 4. The van der Waals surface area contributed by atoms with Gasteiger partial charge in [-0.3, -0.25) is 0 Å². The lowest BCUT2D eigenvalue weighted by atomic mass is 9.99. The van der Waals surface area contributed by atoms with Crippen LogP contribution in [-0.2, 0) is 13.6 Å². The molecule has 0 amide bonds. The molecule has 0 spiro atoms.